The topological polar surface area (TPSA) is 60.8 Å². The first-order valence-corrected chi connectivity index (χ1v) is 5.46. The number of carbonyl (C=O) groups is 1. The molecule has 0 spiro atoms. The van der Waals surface area contributed by atoms with E-state index in [0.29, 0.717) is 0 Å². The Hall–Kier alpha value is -1.69. The number of carboxylic acid groups (broad SMARTS) is 1. The van der Waals surface area contributed by atoms with E-state index in [4.69, 9.17) is 5.11 Å². The first-order chi connectivity index (χ1) is 8.40. The van der Waals surface area contributed by atoms with Crippen molar-refractivity contribution in [2.75, 3.05) is 18.5 Å². The average molecular weight is 259 g/mol. The molecule has 0 amide bonds. The lowest BCUT2D eigenvalue weighted by Crippen LogP contribution is -2.30. The van der Waals surface area contributed by atoms with Crippen LogP contribution in [0.2, 0.25) is 0 Å². The summed E-state index contributed by atoms with van der Waals surface area (Å²) in [5.74, 6) is -2.17. The van der Waals surface area contributed by atoms with Crippen molar-refractivity contribution in [3.63, 3.8) is 0 Å². The molecule has 0 aliphatic heterocycles. The zero-order chi connectivity index (χ0) is 13.7. The van der Waals surface area contributed by atoms with Crippen LogP contribution < -0.4 is 4.90 Å². The lowest BCUT2D eigenvalue weighted by Gasteiger charge is -2.22. The van der Waals surface area contributed by atoms with E-state index in [9.17, 15) is 18.7 Å². The van der Waals surface area contributed by atoms with Gasteiger partial charge in [-0.05, 0) is 18.6 Å². The summed E-state index contributed by atoms with van der Waals surface area (Å²) in [6.07, 6.45) is -1.01. The molecule has 18 heavy (non-hydrogen) atoms. The first-order valence-electron chi connectivity index (χ1n) is 5.46. The van der Waals surface area contributed by atoms with Crippen LogP contribution in [0.25, 0.3) is 0 Å². The molecule has 0 heterocycles. The van der Waals surface area contributed by atoms with E-state index in [0.717, 1.165) is 18.2 Å². The van der Waals surface area contributed by atoms with Gasteiger partial charge in [0.05, 0.1) is 11.8 Å². The lowest BCUT2D eigenvalue weighted by atomic mass is 10.2. The molecule has 0 aromatic heterocycles. The van der Waals surface area contributed by atoms with Crippen LogP contribution in [-0.2, 0) is 4.79 Å². The minimum absolute atomic E-state index is 0.0318. The van der Waals surface area contributed by atoms with Crippen LogP contribution in [0.1, 0.15) is 12.8 Å². The third-order valence-electron chi connectivity index (χ3n) is 2.50. The number of likely N-dealkylation sites (N-methyl/N-ethyl adjacent to an activating group) is 1. The van der Waals surface area contributed by atoms with Crippen molar-refractivity contribution >= 4 is 11.7 Å². The highest BCUT2D eigenvalue weighted by molar-refractivity contribution is 5.66. The summed E-state index contributed by atoms with van der Waals surface area (Å²) in [4.78, 5) is 11.7. The monoisotopic (exact) mass is 259 g/mol. The smallest absolute Gasteiger partial charge is 0.303 e. The molecule has 0 aliphatic rings. The molecule has 0 saturated heterocycles. The van der Waals surface area contributed by atoms with E-state index in [1.165, 1.54) is 11.9 Å². The molecule has 2 N–H and O–H groups in total. The van der Waals surface area contributed by atoms with E-state index in [2.05, 4.69) is 0 Å². The standard InChI is InChI=1S/C12H15F2NO3/c1-15(7-9(16)3-5-12(17)18)11-6-8(13)2-4-10(11)14/h2,4,6,9,16H,3,5,7H2,1H3,(H,17,18). The van der Waals surface area contributed by atoms with E-state index < -0.39 is 23.7 Å². The van der Waals surface area contributed by atoms with Crippen LogP contribution in [0.5, 0.6) is 0 Å². The maximum Gasteiger partial charge on any atom is 0.303 e. The molecule has 0 radical (unpaired) electrons. The van der Waals surface area contributed by atoms with Crippen molar-refractivity contribution in [3.8, 4) is 0 Å². The Kier molecular flexibility index (Phi) is 5.03. The third kappa shape index (κ3) is 4.29. The summed E-state index contributed by atoms with van der Waals surface area (Å²) in [6, 6.07) is 3.04. The molecule has 1 rings (SSSR count). The van der Waals surface area contributed by atoms with Gasteiger partial charge in [0.15, 0.2) is 0 Å². The number of hydrogen-bond acceptors (Lipinski definition) is 3. The molecule has 0 saturated carbocycles. The minimum atomic E-state index is -1.01. The quantitative estimate of drug-likeness (QED) is 0.815. The van der Waals surface area contributed by atoms with Crippen molar-refractivity contribution in [1.82, 2.24) is 0 Å². The average Bonchev–Trinajstić information content (AvgIpc) is 2.29. The van der Waals surface area contributed by atoms with Gasteiger partial charge in [0.2, 0.25) is 0 Å². The van der Waals surface area contributed by atoms with E-state index in [-0.39, 0.29) is 25.1 Å². The summed E-state index contributed by atoms with van der Waals surface area (Å²) in [6.45, 7) is 0.0354. The number of aliphatic hydroxyl groups excluding tert-OH is 1. The number of aliphatic hydroxyl groups is 1. The molecular formula is C12H15F2NO3. The number of nitrogens with zero attached hydrogens (tertiary/aromatic N) is 1. The van der Waals surface area contributed by atoms with Gasteiger partial charge in [0.1, 0.15) is 11.6 Å². The van der Waals surface area contributed by atoms with Crippen molar-refractivity contribution in [1.29, 1.82) is 0 Å². The van der Waals surface area contributed by atoms with Gasteiger partial charge in [-0.2, -0.15) is 0 Å². The maximum atomic E-state index is 13.4. The van der Waals surface area contributed by atoms with E-state index in [1.807, 2.05) is 0 Å². The van der Waals surface area contributed by atoms with Crippen LogP contribution in [0.3, 0.4) is 0 Å². The van der Waals surface area contributed by atoms with Crippen molar-refractivity contribution in [2.45, 2.75) is 18.9 Å². The van der Waals surface area contributed by atoms with Crippen molar-refractivity contribution in [2.24, 2.45) is 0 Å². The second-order valence-electron chi connectivity index (χ2n) is 4.06. The zero-order valence-electron chi connectivity index (χ0n) is 9.94. The summed E-state index contributed by atoms with van der Waals surface area (Å²) < 4.78 is 26.4. The van der Waals surface area contributed by atoms with E-state index in [1.54, 1.807) is 0 Å². The second kappa shape index (κ2) is 6.30. The highest BCUT2D eigenvalue weighted by Gasteiger charge is 2.14. The molecular weight excluding hydrogens is 244 g/mol. The Labute approximate surface area is 103 Å². The normalized spacial score (nSPS) is 12.2. The molecule has 1 unspecified atom stereocenters. The zero-order valence-corrected chi connectivity index (χ0v) is 9.94. The van der Waals surface area contributed by atoms with Gasteiger partial charge in [0.25, 0.3) is 0 Å². The molecule has 100 valence electrons. The van der Waals surface area contributed by atoms with Crippen molar-refractivity contribution < 1.29 is 23.8 Å². The summed E-state index contributed by atoms with van der Waals surface area (Å²) >= 11 is 0. The molecule has 1 aromatic rings. The number of hydrogen-bond donors (Lipinski definition) is 2. The lowest BCUT2D eigenvalue weighted by molar-refractivity contribution is -0.137. The van der Waals surface area contributed by atoms with Gasteiger partial charge in [-0.3, -0.25) is 4.79 Å². The molecule has 0 fully saturated rings. The van der Waals surface area contributed by atoms with Crippen LogP contribution in [0.4, 0.5) is 14.5 Å². The summed E-state index contributed by atoms with van der Waals surface area (Å²) in [5, 5.41) is 18.0. The van der Waals surface area contributed by atoms with Crippen molar-refractivity contribution in [3.05, 3.63) is 29.8 Å². The largest absolute Gasteiger partial charge is 0.481 e. The number of rotatable bonds is 6. The fourth-order valence-electron chi connectivity index (χ4n) is 1.57. The predicted molar refractivity (Wildman–Crippen MR) is 62.5 cm³/mol. The van der Waals surface area contributed by atoms with Gasteiger partial charge in [0, 0.05) is 26.1 Å². The third-order valence-corrected chi connectivity index (χ3v) is 2.50. The molecule has 0 bridgehead atoms. The van der Waals surface area contributed by atoms with Gasteiger partial charge < -0.3 is 15.1 Å². The van der Waals surface area contributed by atoms with Gasteiger partial charge in [-0.15, -0.1) is 0 Å². The Balaban J connectivity index is 2.61. The van der Waals surface area contributed by atoms with Crippen LogP contribution in [-0.4, -0.2) is 35.9 Å². The molecule has 1 aromatic carbocycles. The molecule has 6 heteroatoms. The second-order valence-corrected chi connectivity index (χ2v) is 4.06. The van der Waals surface area contributed by atoms with E-state index >= 15 is 0 Å². The van der Waals surface area contributed by atoms with Gasteiger partial charge >= 0.3 is 5.97 Å². The SMILES string of the molecule is CN(CC(O)CCC(=O)O)c1cc(F)ccc1F. The van der Waals surface area contributed by atoms with Gasteiger partial charge in [-0.25, -0.2) is 8.78 Å². The van der Waals surface area contributed by atoms with Crippen LogP contribution >= 0.6 is 0 Å². The highest BCUT2D eigenvalue weighted by Crippen LogP contribution is 2.19. The van der Waals surface area contributed by atoms with Crippen LogP contribution in [0.15, 0.2) is 18.2 Å². The number of benzene rings is 1. The predicted octanol–water partition coefficient (Wildman–Crippen LogP) is 1.63. The molecule has 0 aliphatic carbocycles. The highest BCUT2D eigenvalue weighted by atomic mass is 19.1. The fraction of sp³-hybridized carbons (Fsp3) is 0.417. The number of halogens is 2. The van der Waals surface area contributed by atoms with Crippen LogP contribution in [0, 0.1) is 11.6 Å². The fourth-order valence-corrected chi connectivity index (χ4v) is 1.57. The minimum Gasteiger partial charge on any atom is -0.481 e. The maximum absolute atomic E-state index is 13.4. The van der Waals surface area contributed by atoms with Gasteiger partial charge in [-0.1, -0.05) is 0 Å². The first kappa shape index (κ1) is 14.4. The Morgan fingerprint density at radius 2 is 2.11 bits per heavy atom. The number of anilines is 1. The number of aliphatic carboxylic acids is 1. The molecule has 4 nitrogen and oxygen atoms in total. The Morgan fingerprint density at radius 3 is 2.72 bits per heavy atom. The Bertz CT molecular complexity index is 426. The Morgan fingerprint density at radius 1 is 1.44 bits per heavy atom. The molecule has 1 atom stereocenters. The summed E-state index contributed by atoms with van der Waals surface area (Å²) in [5.41, 5.74) is 0.0318. The summed E-state index contributed by atoms with van der Waals surface area (Å²) in [7, 11) is 1.50. The number of carboxylic acids is 1.